The molecule has 2 unspecified atom stereocenters. The molecule has 2 saturated carbocycles. The van der Waals surface area contributed by atoms with Crippen molar-refractivity contribution < 1.29 is 13.9 Å². The van der Waals surface area contributed by atoms with Gasteiger partial charge in [-0.3, -0.25) is 0 Å². The van der Waals surface area contributed by atoms with Gasteiger partial charge in [0, 0.05) is 12.3 Å². The van der Waals surface area contributed by atoms with Crippen LogP contribution in [0.4, 0.5) is 8.78 Å². The average molecular weight is 204 g/mol. The number of hydrogen-bond donors (Lipinski definition) is 1. The minimum absolute atomic E-state index is 0.0313. The van der Waals surface area contributed by atoms with Crippen LogP contribution >= 0.6 is 0 Å². The lowest BCUT2D eigenvalue weighted by molar-refractivity contribution is -0.155. The monoisotopic (exact) mass is 204 g/mol. The molecule has 82 valence electrons. The Balaban J connectivity index is 1.82. The van der Waals surface area contributed by atoms with Crippen LogP contribution in [0.25, 0.3) is 0 Å². The second-order valence-corrected chi connectivity index (χ2v) is 5.62. The molecule has 14 heavy (non-hydrogen) atoms. The molecule has 0 bridgehead atoms. The number of aliphatic hydroxyl groups is 1. The van der Waals surface area contributed by atoms with E-state index in [4.69, 9.17) is 0 Å². The lowest BCUT2D eigenvalue weighted by Crippen LogP contribution is -2.53. The summed E-state index contributed by atoms with van der Waals surface area (Å²) in [5, 5.41) is 10.1. The summed E-state index contributed by atoms with van der Waals surface area (Å²) in [4.78, 5) is 0. The highest BCUT2D eigenvalue weighted by Crippen LogP contribution is 2.56. The van der Waals surface area contributed by atoms with E-state index >= 15 is 0 Å². The minimum atomic E-state index is -2.43. The normalized spacial score (nSPS) is 43.1. The minimum Gasteiger partial charge on any atom is -0.389 e. The largest absolute Gasteiger partial charge is 0.389 e. The van der Waals surface area contributed by atoms with Crippen molar-refractivity contribution in [1.82, 2.24) is 0 Å². The first kappa shape index (κ1) is 10.3. The molecule has 2 fully saturated rings. The molecule has 0 spiro atoms. The van der Waals surface area contributed by atoms with Crippen LogP contribution in [0.1, 0.15) is 46.0 Å². The Hall–Kier alpha value is -0.180. The standard InChI is InChI=1S/C11H18F2O/c1-9(2)5-6-10(9,14)4-3-8-7-11(8,12)13/h8,14H,3-7H2,1-2H3. The molecule has 0 saturated heterocycles. The molecule has 3 heteroatoms. The summed E-state index contributed by atoms with van der Waals surface area (Å²) in [6, 6.07) is 0. The van der Waals surface area contributed by atoms with Gasteiger partial charge in [0.05, 0.1) is 5.60 Å². The van der Waals surface area contributed by atoms with Crippen molar-refractivity contribution in [3.63, 3.8) is 0 Å². The molecule has 2 atom stereocenters. The van der Waals surface area contributed by atoms with Gasteiger partial charge in [-0.1, -0.05) is 13.8 Å². The second-order valence-electron chi connectivity index (χ2n) is 5.62. The first-order valence-corrected chi connectivity index (χ1v) is 5.37. The first-order chi connectivity index (χ1) is 6.27. The quantitative estimate of drug-likeness (QED) is 0.749. The maximum atomic E-state index is 12.6. The SMILES string of the molecule is CC1(C)CCC1(O)CCC1CC1(F)F. The molecule has 2 aliphatic carbocycles. The Kier molecular flexibility index (Phi) is 1.98. The molecule has 2 rings (SSSR count). The Labute approximate surface area is 83.5 Å². The van der Waals surface area contributed by atoms with Crippen LogP contribution in [-0.4, -0.2) is 16.6 Å². The van der Waals surface area contributed by atoms with Gasteiger partial charge in [-0.25, -0.2) is 8.78 Å². The zero-order valence-electron chi connectivity index (χ0n) is 8.82. The molecule has 0 aromatic rings. The van der Waals surface area contributed by atoms with Crippen molar-refractivity contribution in [3.8, 4) is 0 Å². The highest BCUT2D eigenvalue weighted by molar-refractivity contribution is 5.05. The Morgan fingerprint density at radius 2 is 1.86 bits per heavy atom. The molecule has 0 heterocycles. The smallest absolute Gasteiger partial charge is 0.251 e. The Bertz CT molecular complexity index is 250. The molecule has 0 aromatic carbocycles. The van der Waals surface area contributed by atoms with Gasteiger partial charge in [0.2, 0.25) is 0 Å². The molecule has 0 amide bonds. The van der Waals surface area contributed by atoms with Gasteiger partial charge in [-0.15, -0.1) is 0 Å². The van der Waals surface area contributed by atoms with E-state index in [9.17, 15) is 13.9 Å². The van der Waals surface area contributed by atoms with Gasteiger partial charge < -0.3 is 5.11 Å². The third-order valence-corrected chi connectivity index (χ3v) is 4.29. The average Bonchev–Trinajstić information content (AvgIpc) is 2.68. The van der Waals surface area contributed by atoms with Gasteiger partial charge in [-0.2, -0.15) is 0 Å². The Morgan fingerprint density at radius 3 is 2.14 bits per heavy atom. The van der Waals surface area contributed by atoms with Crippen molar-refractivity contribution >= 4 is 0 Å². The number of rotatable bonds is 3. The number of hydrogen-bond acceptors (Lipinski definition) is 1. The maximum absolute atomic E-state index is 12.6. The molecule has 2 aliphatic rings. The van der Waals surface area contributed by atoms with Crippen LogP contribution < -0.4 is 0 Å². The molecular weight excluding hydrogens is 186 g/mol. The molecule has 0 aliphatic heterocycles. The van der Waals surface area contributed by atoms with Gasteiger partial charge >= 0.3 is 0 Å². The van der Waals surface area contributed by atoms with Crippen molar-refractivity contribution in [3.05, 3.63) is 0 Å². The van der Waals surface area contributed by atoms with E-state index in [1.165, 1.54) is 0 Å². The van der Waals surface area contributed by atoms with Crippen molar-refractivity contribution in [2.75, 3.05) is 0 Å². The summed E-state index contributed by atoms with van der Waals surface area (Å²) < 4.78 is 25.2. The van der Waals surface area contributed by atoms with E-state index in [1.54, 1.807) is 0 Å². The third kappa shape index (κ3) is 1.46. The van der Waals surface area contributed by atoms with E-state index in [-0.39, 0.29) is 11.8 Å². The first-order valence-electron chi connectivity index (χ1n) is 5.37. The summed E-state index contributed by atoms with van der Waals surface area (Å²) in [5.41, 5.74) is -0.747. The van der Waals surface area contributed by atoms with E-state index in [1.807, 2.05) is 13.8 Å². The number of alkyl halides is 2. The van der Waals surface area contributed by atoms with Crippen LogP contribution in [0, 0.1) is 11.3 Å². The topological polar surface area (TPSA) is 20.2 Å². The summed E-state index contributed by atoms with van der Waals surface area (Å²) in [7, 11) is 0. The molecule has 1 N–H and O–H groups in total. The van der Waals surface area contributed by atoms with Crippen LogP contribution in [-0.2, 0) is 0 Å². The van der Waals surface area contributed by atoms with Crippen molar-refractivity contribution in [1.29, 1.82) is 0 Å². The van der Waals surface area contributed by atoms with E-state index < -0.39 is 17.4 Å². The van der Waals surface area contributed by atoms with Crippen LogP contribution in [0.3, 0.4) is 0 Å². The summed E-state index contributed by atoms with van der Waals surface area (Å²) in [6.07, 6.45) is 2.83. The van der Waals surface area contributed by atoms with Crippen molar-refractivity contribution in [2.24, 2.45) is 11.3 Å². The summed E-state index contributed by atoms with van der Waals surface area (Å²) >= 11 is 0. The lowest BCUT2D eigenvalue weighted by atomic mass is 9.57. The zero-order valence-corrected chi connectivity index (χ0v) is 8.82. The van der Waals surface area contributed by atoms with Gasteiger partial charge in [0.15, 0.2) is 0 Å². The second kappa shape index (κ2) is 2.69. The molecule has 0 radical (unpaired) electrons. The number of halogens is 2. The van der Waals surface area contributed by atoms with Gasteiger partial charge in [0.25, 0.3) is 5.92 Å². The fourth-order valence-electron chi connectivity index (χ4n) is 2.37. The lowest BCUT2D eigenvalue weighted by Gasteiger charge is -2.53. The highest BCUT2D eigenvalue weighted by atomic mass is 19.3. The predicted molar refractivity (Wildman–Crippen MR) is 50.3 cm³/mol. The van der Waals surface area contributed by atoms with Gasteiger partial charge in [0.1, 0.15) is 0 Å². The third-order valence-electron chi connectivity index (χ3n) is 4.29. The van der Waals surface area contributed by atoms with E-state index in [2.05, 4.69) is 0 Å². The van der Waals surface area contributed by atoms with Crippen LogP contribution in [0.5, 0.6) is 0 Å². The summed E-state index contributed by atoms with van der Waals surface area (Å²) in [5.74, 6) is -2.88. The van der Waals surface area contributed by atoms with Crippen LogP contribution in [0.15, 0.2) is 0 Å². The molecule has 1 nitrogen and oxygen atoms in total. The zero-order chi connectivity index (χ0) is 10.6. The summed E-state index contributed by atoms with van der Waals surface area (Å²) in [6.45, 7) is 4.03. The maximum Gasteiger partial charge on any atom is 0.251 e. The highest BCUT2D eigenvalue weighted by Gasteiger charge is 2.58. The fraction of sp³-hybridized carbons (Fsp3) is 1.00. The van der Waals surface area contributed by atoms with Crippen molar-refractivity contribution in [2.45, 2.75) is 57.5 Å². The van der Waals surface area contributed by atoms with Crippen LogP contribution in [0.2, 0.25) is 0 Å². The molecule has 0 aromatic heterocycles. The molecular formula is C11H18F2O. The van der Waals surface area contributed by atoms with E-state index in [0.717, 1.165) is 12.8 Å². The Morgan fingerprint density at radius 1 is 1.29 bits per heavy atom. The predicted octanol–water partition coefficient (Wildman–Crippen LogP) is 2.97. The van der Waals surface area contributed by atoms with E-state index in [0.29, 0.717) is 12.8 Å². The fourth-order valence-corrected chi connectivity index (χ4v) is 2.37. The van der Waals surface area contributed by atoms with Gasteiger partial charge in [-0.05, 0) is 31.1 Å².